The molecule has 0 heterocycles. The number of amides is 2. The number of ether oxygens (including phenoxy) is 1. The van der Waals surface area contributed by atoms with Crippen LogP contribution >= 0.6 is 0 Å². The molecule has 0 bridgehead atoms. The van der Waals surface area contributed by atoms with Crippen LogP contribution in [0.2, 0.25) is 0 Å². The number of carbonyl (C=O) groups excluding carboxylic acids is 1. The summed E-state index contributed by atoms with van der Waals surface area (Å²) in [5.41, 5.74) is 0.943. The zero-order valence-electron chi connectivity index (χ0n) is 11.9. The highest BCUT2D eigenvalue weighted by molar-refractivity contribution is 5.74. The zero-order valence-corrected chi connectivity index (χ0v) is 11.9. The lowest BCUT2D eigenvalue weighted by atomic mass is 10.1. The molecule has 5 heteroatoms. The van der Waals surface area contributed by atoms with Gasteiger partial charge in [0, 0.05) is 18.5 Å². The molecule has 0 radical (unpaired) electrons. The topological polar surface area (TPSA) is 50.4 Å². The number of hydrogen-bond donors (Lipinski definition) is 2. The molecule has 1 aromatic rings. The molecule has 0 unspecified atom stereocenters. The average Bonchev–Trinajstić information content (AvgIpc) is 3.14. The molecule has 110 valence electrons. The SMILES string of the molecule is CC(C)OCCNC(=O)N[C@@H]1C[C@H]1c1cccc(F)c1. The summed E-state index contributed by atoms with van der Waals surface area (Å²) in [4.78, 5) is 11.6. The lowest BCUT2D eigenvalue weighted by Gasteiger charge is -2.09. The second kappa shape index (κ2) is 6.70. The van der Waals surface area contributed by atoms with Crippen LogP contribution in [0, 0.1) is 5.82 Å². The first-order valence-electron chi connectivity index (χ1n) is 6.97. The number of nitrogens with one attached hydrogen (secondary N) is 2. The van der Waals surface area contributed by atoms with E-state index < -0.39 is 0 Å². The van der Waals surface area contributed by atoms with Gasteiger partial charge in [-0.15, -0.1) is 0 Å². The molecule has 0 spiro atoms. The van der Waals surface area contributed by atoms with E-state index in [2.05, 4.69) is 10.6 Å². The molecule has 1 fully saturated rings. The molecule has 2 rings (SSSR count). The van der Waals surface area contributed by atoms with E-state index in [9.17, 15) is 9.18 Å². The van der Waals surface area contributed by atoms with Crippen LogP contribution < -0.4 is 10.6 Å². The molecular formula is C15H21FN2O2. The Morgan fingerprint density at radius 1 is 1.50 bits per heavy atom. The Bertz CT molecular complexity index is 465. The molecule has 20 heavy (non-hydrogen) atoms. The first-order chi connectivity index (χ1) is 9.56. The minimum atomic E-state index is -0.233. The van der Waals surface area contributed by atoms with Crippen LogP contribution in [0.1, 0.15) is 31.7 Å². The van der Waals surface area contributed by atoms with Crippen molar-refractivity contribution < 1.29 is 13.9 Å². The van der Waals surface area contributed by atoms with Crippen LogP contribution in [-0.2, 0) is 4.74 Å². The summed E-state index contributed by atoms with van der Waals surface area (Å²) in [5.74, 6) is -0.00759. The van der Waals surface area contributed by atoms with Gasteiger partial charge in [-0.05, 0) is 38.0 Å². The fraction of sp³-hybridized carbons (Fsp3) is 0.533. The third-order valence-corrected chi connectivity index (χ3v) is 3.22. The van der Waals surface area contributed by atoms with Gasteiger partial charge in [0.15, 0.2) is 0 Å². The van der Waals surface area contributed by atoms with E-state index in [0.717, 1.165) is 12.0 Å². The maximum atomic E-state index is 13.1. The first kappa shape index (κ1) is 14.8. The molecule has 2 amide bonds. The van der Waals surface area contributed by atoms with E-state index in [1.807, 2.05) is 19.9 Å². The van der Waals surface area contributed by atoms with Gasteiger partial charge in [-0.2, -0.15) is 0 Å². The van der Waals surface area contributed by atoms with E-state index in [4.69, 9.17) is 4.74 Å². The third-order valence-electron chi connectivity index (χ3n) is 3.22. The highest BCUT2D eigenvalue weighted by Crippen LogP contribution is 2.40. The van der Waals surface area contributed by atoms with Crippen molar-refractivity contribution >= 4 is 6.03 Å². The third kappa shape index (κ3) is 4.49. The molecule has 1 saturated carbocycles. The Kier molecular flexibility index (Phi) is 4.95. The highest BCUT2D eigenvalue weighted by atomic mass is 19.1. The zero-order chi connectivity index (χ0) is 14.5. The van der Waals surface area contributed by atoms with Crippen LogP contribution in [0.15, 0.2) is 24.3 Å². The lowest BCUT2D eigenvalue weighted by molar-refractivity contribution is 0.0817. The van der Waals surface area contributed by atoms with Crippen molar-refractivity contribution in [1.29, 1.82) is 0 Å². The minimum Gasteiger partial charge on any atom is -0.377 e. The number of benzene rings is 1. The number of hydrogen-bond acceptors (Lipinski definition) is 2. The van der Waals surface area contributed by atoms with Crippen molar-refractivity contribution in [2.24, 2.45) is 0 Å². The number of carbonyl (C=O) groups is 1. The van der Waals surface area contributed by atoms with Gasteiger partial charge in [0.25, 0.3) is 0 Å². The van der Waals surface area contributed by atoms with Gasteiger partial charge in [0.2, 0.25) is 0 Å². The molecule has 0 aliphatic heterocycles. The molecule has 1 aliphatic carbocycles. The normalized spacial score (nSPS) is 20.8. The summed E-state index contributed by atoms with van der Waals surface area (Å²) in [6.07, 6.45) is 1.03. The van der Waals surface area contributed by atoms with Crippen molar-refractivity contribution in [3.8, 4) is 0 Å². The number of urea groups is 1. The summed E-state index contributed by atoms with van der Waals surface area (Å²) in [7, 11) is 0. The van der Waals surface area contributed by atoms with E-state index >= 15 is 0 Å². The molecule has 0 aromatic heterocycles. The van der Waals surface area contributed by atoms with Gasteiger partial charge in [-0.25, -0.2) is 9.18 Å². The lowest BCUT2D eigenvalue weighted by Crippen LogP contribution is -2.39. The predicted octanol–water partition coefficient (Wildman–Crippen LogP) is 2.41. The average molecular weight is 280 g/mol. The second-order valence-corrected chi connectivity index (χ2v) is 5.32. The van der Waals surface area contributed by atoms with Gasteiger partial charge < -0.3 is 15.4 Å². The smallest absolute Gasteiger partial charge is 0.315 e. The predicted molar refractivity (Wildman–Crippen MR) is 75.2 cm³/mol. The first-order valence-corrected chi connectivity index (χ1v) is 6.97. The Morgan fingerprint density at radius 3 is 3.00 bits per heavy atom. The van der Waals surface area contributed by atoms with E-state index in [1.165, 1.54) is 12.1 Å². The monoisotopic (exact) mass is 280 g/mol. The fourth-order valence-corrected chi connectivity index (χ4v) is 2.14. The fourth-order valence-electron chi connectivity index (χ4n) is 2.14. The Labute approximate surface area is 118 Å². The minimum absolute atomic E-state index is 0.0998. The molecule has 0 saturated heterocycles. The van der Waals surface area contributed by atoms with Crippen molar-refractivity contribution in [2.75, 3.05) is 13.2 Å². The number of rotatable bonds is 6. The Hall–Kier alpha value is -1.62. The van der Waals surface area contributed by atoms with Crippen molar-refractivity contribution in [3.05, 3.63) is 35.6 Å². The Morgan fingerprint density at radius 2 is 2.30 bits per heavy atom. The van der Waals surface area contributed by atoms with E-state index in [-0.39, 0.29) is 29.9 Å². The second-order valence-electron chi connectivity index (χ2n) is 5.32. The molecule has 2 N–H and O–H groups in total. The van der Waals surface area contributed by atoms with Gasteiger partial charge in [-0.3, -0.25) is 0 Å². The van der Waals surface area contributed by atoms with E-state index in [0.29, 0.717) is 13.2 Å². The van der Waals surface area contributed by atoms with Crippen molar-refractivity contribution in [1.82, 2.24) is 10.6 Å². The molecule has 1 aromatic carbocycles. The molecule has 4 nitrogen and oxygen atoms in total. The summed E-state index contributed by atoms with van der Waals surface area (Å²) in [6.45, 7) is 4.89. The largest absolute Gasteiger partial charge is 0.377 e. The van der Waals surface area contributed by atoms with Gasteiger partial charge in [0.05, 0.1) is 12.7 Å². The Balaban J connectivity index is 1.67. The van der Waals surface area contributed by atoms with Crippen LogP contribution in [0.5, 0.6) is 0 Å². The quantitative estimate of drug-likeness (QED) is 0.786. The maximum Gasteiger partial charge on any atom is 0.315 e. The van der Waals surface area contributed by atoms with Crippen LogP contribution in [-0.4, -0.2) is 31.3 Å². The van der Waals surface area contributed by atoms with Crippen LogP contribution in [0.25, 0.3) is 0 Å². The summed E-state index contributed by atoms with van der Waals surface area (Å²) in [6, 6.07) is 6.45. The summed E-state index contributed by atoms with van der Waals surface area (Å²) in [5, 5.41) is 5.63. The maximum absolute atomic E-state index is 13.1. The molecular weight excluding hydrogens is 259 g/mol. The standard InChI is InChI=1S/C15H21FN2O2/c1-10(2)20-7-6-17-15(19)18-14-9-13(14)11-4-3-5-12(16)8-11/h3-5,8,10,13-14H,6-7,9H2,1-2H3,(H2,17,18,19)/t13-,14+/m0/s1. The van der Waals surface area contributed by atoms with Crippen molar-refractivity contribution in [3.63, 3.8) is 0 Å². The summed E-state index contributed by atoms with van der Waals surface area (Å²) >= 11 is 0. The summed E-state index contributed by atoms with van der Waals surface area (Å²) < 4.78 is 18.4. The van der Waals surface area contributed by atoms with Crippen molar-refractivity contribution in [2.45, 2.75) is 38.3 Å². The molecule has 2 atom stereocenters. The molecule has 1 aliphatic rings. The number of halogens is 1. The van der Waals surface area contributed by atoms with Gasteiger partial charge >= 0.3 is 6.03 Å². The van der Waals surface area contributed by atoms with E-state index in [1.54, 1.807) is 6.07 Å². The van der Waals surface area contributed by atoms with Gasteiger partial charge in [0.1, 0.15) is 5.82 Å². The van der Waals surface area contributed by atoms with Gasteiger partial charge in [-0.1, -0.05) is 12.1 Å². The highest BCUT2D eigenvalue weighted by Gasteiger charge is 2.39. The van der Waals surface area contributed by atoms with Crippen LogP contribution in [0.4, 0.5) is 9.18 Å². The van der Waals surface area contributed by atoms with Crippen LogP contribution in [0.3, 0.4) is 0 Å².